The normalized spacial score (nSPS) is 11.2. The van der Waals surface area contributed by atoms with Crippen molar-refractivity contribution >= 4 is 34.1 Å². The van der Waals surface area contributed by atoms with Crippen LogP contribution in [0.1, 0.15) is 5.69 Å². The highest BCUT2D eigenvalue weighted by atomic mass is 35.5. The molecule has 9 nitrogen and oxygen atoms in total. The minimum absolute atomic E-state index is 0.371. The van der Waals surface area contributed by atoms with E-state index >= 15 is 0 Å². The van der Waals surface area contributed by atoms with Crippen LogP contribution in [-0.2, 0) is 20.5 Å². The average Bonchev–Trinajstić information content (AvgIpc) is 3.42. The molecule has 5 rings (SSSR count). The van der Waals surface area contributed by atoms with Crippen LogP contribution in [0, 0.1) is 0 Å². The van der Waals surface area contributed by atoms with Gasteiger partial charge in [0.25, 0.3) is 0 Å². The summed E-state index contributed by atoms with van der Waals surface area (Å²) in [5.41, 5.74) is 10.5. The Balaban J connectivity index is 1.57. The predicted molar refractivity (Wildman–Crippen MR) is 130 cm³/mol. The zero-order valence-corrected chi connectivity index (χ0v) is 19.0. The van der Waals surface area contributed by atoms with E-state index in [1.54, 1.807) is 15.6 Å². The van der Waals surface area contributed by atoms with Crippen molar-refractivity contribution in [3.63, 3.8) is 0 Å². The van der Waals surface area contributed by atoms with Crippen LogP contribution >= 0.6 is 11.6 Å². The molecule has 3 N–H and O–H groups in total. The summed E-state index contributed by atoms with van der Waals surface area (Å²) in [7, 11) is 3.73. The Morgan fingerprint density at radius 1 is 1.00 bits per heavy atom. The fraction of sp³-hybridized carbons (Fsp3) is 0.174. The lowest BCUT2D eigenvalue weighted by molar-refractivity contribution is 0.767. The number of fused-ring (bicyclic) bond motifs is 1. The van der Waals surface area contributed by atoms with E-state index in [0.717, 1.165) is 22.3 Å². The fourth-order valence-electron chi connectivity index (χ4n) is 3.69. The zero-order valence-electron chi connectivity index (χ0n) is 18.2. The van der Waals surface area contributed by atoms with Crippen LogP contribution in [0.25, 0.3) is 33.5 Å². The van der Waals surface area contributed by atoms with E-state index in [2.05, 4.69) is 20.5 Å². The molecular formula is C23H22ClN9. The summed E-state index contributed by atoms with van der Waals surface area (Å²) in [5, 5.41) is 13.6. The van der Waals surface area contributed by atoms with Crippen molar-refractivity contribution in [2.45, 2.75) is 6.42 Å². The fourth-order valence-corrected chi connectivity index (χ4v) is 3.97. The summed E-state index contributed by atoms with van der Waals surface area (Å²) >= 11 is 6.56. The maximum Gasteiger partial charge on any atom is 0.147 e. The van der Waals surface area contributed by atoms with Gasteiger partial charge in [-0.2, -0.15) is 10.2 Å². The number of benzene rings is 1. The highest BCUT2D eigenvalue weighted by molar-refractivity contribution is 6.35. The molecule has 10 heteroatoms. The molecule has 0 atom stereocenters. The van der Waals surface area contributed by atoms with Gasteiger partial charge in [0.1, 0.15) is 23.0 Å². The average molecular weight is 460 g/mol. The van der Waals surface area contributed by atoms with Crippen LogP contribution in [0.2, 0.25) is 5.02 Å². The van der Waals surface area contributed by atoms with Crippen molar-refractivity contribution in [2.24, 2.45) is 14.1 Å². The number of nitrogens with one attached hydrogen (secondary N) is 1. The summed E-state index contributed by atoms with van der Waals surface area (Å²) in [6.45, 7) is 0.612. The van der Waals surface area contributed by atoms with Gasteiger partial charge in [0.2, 0.25) is 0 Å². The van der Waals surface area contributed by atoms with Crippen molar-refractivity contribution in [3.8, 4) is 22.6 Å². The van der Waals surface area contributed by atoms with Crippen LogP contribution in [0.3, 0.4) is 0 Å². The number of hydrogen-bond donors (Lipinski definition) is 2. The van der Waals surface area contributed by atoms with E-state index < -0.39 is 0 Å². The maximum absolute atomic E-state index is 6.56. The second-order valence-corrected chi connectivity index (χ2v) is 8.12. The van der Waals surface area contributed by atoms with E-state index in [9.17, 15) is 0 Å². The monoisotopic (exact) mass is 459 g/mol. The molecule has 166 valence electrons. The molecule has 0 fully saturated rings. The van der Waals surface area contributed by atoms with Crippen molar-refractivity contribution in [1.29, 1.82) is 0 Å². The number of rotatable bonds is 6. The number of hydrogen-bond acceptors (Lipinski definition) is 7. The third kappa shape index (κ3) is 4.22. The van der Waals surface area contributed by atoms with E-state index in [1.165, 1.54) is 0 Å². The molecule has 4 aromatic heterocycles. The third-order valence-electron chi connectivity index (χ3n) is 5.27. The maximum atomic E-state index is 6.56. The molecule has 0 saturated heterocycles. The van der Waals surface area contributed by atoms with Gasteiger partial charge in [-0.25, -0.2) is 9.97 Å². The Bertz CT molecular complexity index is 1450. The lowest BCUT2D eigenvalue weighted by atomic mass is 10.0. The molecule has 0 aliphatic rings. The molecule has 0 saturated carbocycles. The summed E-state index contributed by atoms with van der Waals surface area (Å²) in [6.07, 6.45) is 6.05. The van der Waals surface area contributed by atoms with Gasteiger partial charge in [-0.1, -0.05) is 17.7 Å². The topological polar surface area (TPSA) is 112 Å². The highest BCUT2D eigenvalue weighted by Gasteiger charge is 2.18. The Labute approximate surface area is 195 Å². The number of nitrogens with two attached hydrogens (primary N) is 1. The molecule has 0 aliphatic carbocycles. The second kappa shape index (κ2) is 8.51. The molecule has 33 heavy (non-hydrogen) atoms. The Kier molecular flexibility index (Phi) is 5.39. The molecule has 0 bridgehead atoms. The summed E-state index contributed by atoms with van der Waals surface area (Å²) in [6, 6.07) is 11.5. The van der Waals surface area contributed by atoms with E-state index in [0.29, 0.717) is 46.6 Å². The number of halogens is 1. The predicted octanol–water partition coefficient (Wildman–Crippen LogP) is 3.72. The first-order chi connectivity index (χ1) is 16.0. The lowest BCUT2D eigenvalue weighted by Crippen LogP contribution is -2.11. The second-order valence-electron chi connectivity index (χ2n) is 7.71. The minimum Gasteiger partial charge on any atom is -0.382 e. The lowest BCUT2D eigenvalue weighted by Gasteiger charge is -2.13. The number of pyridine rings is 1. The molecule has 0 radical (unpaired) electrons. The van der Waals surface area contributed by atoms with Crippen LogP contribution in [0.4, 0.5) is 11.6 Å². The number of nitrogens with zero attached hydrogens (tertiary/aromatic N) is 7. The van der Waals surface area contributed by atoms with Crippen LogP contribution in [-0.4, -0.2) is 41.1 Å². The van der Waals surface area contributed by atoms with Gasteiger partial charge in [-0.3, -0.25) is 14.3 Å². The number of anilines is 2. The van der Waals surface area contributed by atoms with Crippen LogP contribution in [0.5, 0.6) is 0 Å². The quantitative estimate of drug-likeness (QED) is 0.398. The Morgan fingerprint density at radius 3 is 2.58 bits per heavy atom. The third-order valence-corrected chi connectivity index (χ3v) is 5.56. The first-order valence-corrected chi connectivity index (χ1v) is 10.8. The standard InChI is InChI=1S/C23H22ClN9/c1-32-10-6-17(30-32)22-21(15-12-14-4-3-8-27-20(14)16(24)13-15)28-18(23(25)29-22)5-9-26-19-7-11-33(2)31-19/h3-4,6-8,10-13H,5,9H2,1-2H3,(H2,25,29)(H,26,31). The van der Waals surface area contributed by atoms with Gasteiger partial charge in [0, 0.05) is 62.7 Å². The SMILES string of the molecule is Cn1ccc(NCCc2nc(-c3cc(Cl)c4ncccc4c3)c(-c3ccn(C)n3)nc2N)n1. The van der Waals surface area contributed by atoms with Gasteiger partial charge in [-0.05, 0) is 24.3 Å². The Hall–Kier alpha value is -3.98. The molecule has 0 spiro atoms. The Morgan fingerprint density at radius 2 is 1.82 bits per heavy atom. The summed E-state index contributed by atoms with van der Waals surface area (Å²) in [5.74, 6) is 1.17. The van der Waals surface area contributed by atoms with Gasteiger partial charge in [-0.15, -0.1) is 0 Å². The van der Waals surface area contributed by atoms with Gasteiger partial charge in [0.15, 0.2) is 0 Å². The van der Waals surface area contributed by atoms with Crippen molar-refractivity contribution in [3.05, 3.63) is 65.7 Å². The number of nitrogen functional groups attached to an aromatic ring is 1. The van der Waals surface area contributed by atoms with Gasteiger partial charge < -0.3 is 11.1 Å². The first kappa shape index (κ1) is 20.9. The largest absolute Gasteiger partial charge is 0.382 e. The minimum atomic E-state index is 0.371. The summed E-state index contributed by atoms with van der Waals surface area (Å²) < 4.78 is 3.47. The van der Waals surface area contributed by atoms with E-state index in [4.69, 9.17) is 27.3 Å². The van der Waals surface area contributed by atoms with E-state index in [-0.39, 0.29) is 0 Å². The number of aromatic nitrogens is 7. The summed E-state index contributed by atoms with van der Waals surface area (Å²) in [4.78, 5) is 14.0. The number of aryl methyl sites for hydroxylation is 2. The molecule has 0 amide bonds. The molecule has 0 unspecified atom stereocenters. The molecule has 1 aromatic carbocycles. The van der Waals surface area contributed by atoms with Gasteiger partial charge >= 0.3 is 0 Å². The molecule has 4 heterocycles. The molecule has 0 aliphatic heterocycles. The van der Waals surface area contributed by atoms with Crippen LogP contribution < -0.4 is 11.1 Å². The van der Waals surface area contributed by atoms with Crippen molar-refractivity contribution < 1.29 is 0 Å². The van der Waals surface area contributed by atoms with Crippen molar-refractivity contribution in [1.82, 2.24) is 34.5 Å². The molecular weight excluding hydrogens is 438 g/mol. The smallest absolute Gasteiger partial charge is 0.147 e. The van der Waals surface area contributed by atoms with Gasteiger partial charge in [0.05, 0.1) is 21.9 Å². The highest BCUT2D eigenvalue weighted by Crippen LogP contribution is 2.34. The van der Waals surface area contributed by atoms with Crippen molar-refractivity contribution in [2.75, 3.05) is 17.6 Å². The molecule has 5 aromatic rings. The first-order valence-electron chi connectivity index (χ1n) is 10.4. The van der Waals surface area contributed by atoms with Crippen LogP contribution in [0.15, 0.2) is 55.0 Å². The zero-order chi connectivity index (χ0) is 22.9. The van der Waals surface area contributed by atoms with E-state index in [1.807, 2.05) is 62.9 Å².